The molecule has 1 aromatic rings. The fourth-order valence-corrected chi connectivity index (χ4v) is 2.52. The molecule has 6 heteroatoms. The summed E-state index contributed by atoms with van der Waals surface area (Å²) in [5.41, 5.74) is 0.515. The van der Waals surface area contributed by atoms with E-state index in [0.29, 0.717) is 18.7 Å². The molecule has 0 radical (unpaired) electrons. The Morgan fingerprint density at radius 2 is 2.00 bits per heavy atom. The zero-order valence-electron chi connectivity index (χ0n) is 12.6. The molecule has 1 aromatic carbocycles. The third-order valence-electron chi connectivity index (χ3n) is 3.74. The van der Waals surface area contributed by atoms with Crippen LogP contribution in [-0.4, -0.2) is 49.4 Å². The first-order valence-corrected chi connectivity index (χ1v) is 7.30. The molecule has 0 aliphatic carbocycles. The summed E-state index contributed by atoms with van der Waals surface area (Å²) in [5, 5.41) is 2.61. The summed E-state index contributed by atoms with van der Waals surface area (Å²) in [4.78, 5) is 37.2. The van der Waals surface area contributed by atoms with Gasteiger partial charge in [-0.05, 0) is 25.0 Å². The van der Waals surface area contributed by atoms with Crippen molar-refractivity contribution in [1.82, 2.24) is 10.2 Å². The molecule has 1 unspecified atom stereocenters. The van der Waals surface area contributed by atoms with E-state index in [1.807, 2.05) is 6.07 Å². The predicted molar refractivity (Wildman–Crippen MR) is 80.1 cm³/mol. The Bertz CT molecular complexity index is 544. The minimum Gasteiger partial charge on any atom is -0.469 e. The third kappa shape index (κ3) is 4.07. The molecule has 0 bridgehead atoms. The molecule has 1 fully saturated rings. The average molecular weight is 304 g/mol. The molecule has 1 saturated heterocycles. The van der Waals surface area contributed by atoms with Gasteiger partial charge in [-0.3, -0.25) is 14.4 Å². The van der Waals surface area contributed by atoms with Crippen molar-refractivity contribution in [3.05, 3.63) is 35.9 Å². The number of ether oxygens (including phenoxy) is 1. The van der Waals surface area contributed by atoms with Gasteiger partial charge >= 0.3 is 5.97 Å². The first-order chi connectivity index (χ1) is 10.6. The summed E-state index contributed by atoms with van der Waals surface area (Å²) in [6.07, 6.45) is 1.49. The Morgan fingerprint density at radius 3 is 2.68 bits per heavy atom. The zero-order chi connectivity index (χ0) is 15.9. The summed E-state index contributed by atoms with van der Waals surface area (Å²) in [6, 6.07) is 8.73. The number of carbonyl (C=O) groups excluding carboxylic acids is 3. The van der Waals surface area contributed by atoms with Crippen LogP contribution in [0.1, 0.15) is 23.2 Å². The Hall–Kier alpha value is -2.37. The van der Waals surface area contributed by atoms with E-state index >= 15 is 0 Å². The lowest BCUT2D eigenvalue weighted by Crippen LogP contribution is -2.46. The van der Waals surface area contributed by atoms with Gasteiger partial charge in [0.25, 0.3) is 5.91 Å². The van der Waals surface area contributed by atoms with Gasteiger partial charge in [0.15, 0.2) is 0 Å². The highest BCUT2D eigenvalue weighted by Gasteiger charge is 2.28. The van der Waals surface area contributed by atoms with Crippen molar-refractivity contribution in [1.29, 1.82) is 0 Å². The van der Waals surface area contributed by atoms with Gasteiger partial charge in [0.05, 0.1) is 19.6 Å². The maximum absolute atomic E-state index is 12.1. The van der Waals surface area contributed by atoms with E-state index in [0.717, 1.165) is 12.8 Å². The van der Waals surface area contributed by atoms with Crippen molar-refractivity contribution in [3.63, 3.8) is 0 Å². The lowest BCUT2D eigenvalue weighted by molar-refractivity contribution is -0.148. The van der Waals surface area contributed by atoms with E-state index in [1.54, 1.807) is 29.2 Å². The maximum atomic E-state index is 12.1. The van der Waals surface area contributed by atoms with Crippen molar-refractivity contribution < 1.29 is 19.1 Å². The van der Waals surface area contributed by atoms with Gasteiger partial charge in [0.1, 0.15) is 0 Å². The van der Waals surface area contributed by atoms with E-state index in [-0.39, 0.29) is 30.2 Å². The van der Waals surface area contributed by atoms with Gasteiger partial charge in [-0.15, -0.1) is 0 Å². The summed E-state index contributed by atoms with van der Waals surface area (Å²) in [7, 11) is 1.35. The van der Waals surface area contributed by atoms with Gasteiger partial charge in [0, 0.05) is 18.7 Å². The third-order valence-corrected chi connectivity index (χ3v) is 3.74. The second-order valence-electron chi connectivity index (χ2n) is 5.25. The van der Waals surface area contributed by atoms with Crippen molar-refractivity contribution in [3.8, 4) is 0 Å². The Kier molecular flexibility index (Phi) is 5.52. The number of hydrogen-bond acceptors (Lipinski definition) is 4. The maximum Gasteiger partial charge on any atom is 0.310 e. The number of nitrogens with zero attached hydrogens (tertiary/aromatic N) is 1. The largest absolute Gasteiger partial charge is 0.469 e. The van der Waals surface area contributed by atoms with Crippen molar-refractivity contribution in [2.24, 2.45) is 5.92 Å². The van der Waals surface area contributed by atoms with Crippen LogP contribution in [0.2, 0.25) is 0 Å². The van der Waals surface area contributed by atoms with E-state index in [9.17, 15) is 14.4 Å². The number of hydrogen-bond donors (Lipinski definition) is 1. The van der Waals surface area contributed by atoms with Crippen LogP contribution in [0.3, 0.4) is 0 Å². The summed E-state index contributed by atoms with van der Waals surface area (Å²) in [6.45, 7) is 0.891. The number of nitrogens with one attached hydrogen (secondary N) is 1. The Morgan fingerprint density at radius 1 is 1.27 bits per heavy atom. The van der Waals surface area contributed by atoms with Gasteiger partial charge in [-0.25, -0.2) is 0 Å². The quantitative estimate of drug-likeness (QED) is 0.836. The van der Waals surface area contributed by atoms with E-state index < -0.39 is 0 Å². The fourth-order valence-electron chi connectivity index (χ4n) is 2.52. The molecule has 0 saturated carbocycles. The molecule has 2 amide bonds. The molecule has 1 N–H and O–H groups in total. The predicted octanol–water partition coefficient (Wildman–Crippen LogP) is 0.828. The standard InChI is InChI=1S/C16H20N2O4/c1-22-16(21)13-8-5-9-18(11-13)14(19)10-17-15(20)12-6-3-2-4-7-12/h2-4,6-7,13H,5,8-11H2,1H3,(H,17,20). The topological polar surface area (TPSA) is 75.7 Å². The lowest BCUT2D eigenvalue weighted by Gasteiger charge is -2.31. The van der Waals surface area contributed by atoms with Crippen molar-refractivity contribution >= 4 is 17.8 Å². The van der Waals surface area contributed by atoms with Crippen LogP contribution in [-0.2, 0) is 14.3 Å². The Balaban J connectivity index is 1.84. The van der Waals surface area contributed by atoms with Crippen LogP contribution in [0.15, 0.2) is 30.3 Å². The average Bonchev–Trinajstić information content (AvgIpc) is 2.59. The number of piperidine rings is 1. The van der Waals surface area contributed by atoms with Crippen LogP contribution < -0.4 is 5.32 Å². The van der Waals surface area contributed by atoms with Crippen LogP contribution in [0.25, 0.3) is 0 Å². The minimum absolute atomic E-state index is 0.0678. The van der Waals surface area contributed by atoms with Gasteiger partial charge < -0.3 is 15.0 Å². The number of likely N-dealkylation sites (tertiary alicyclic amines) is 1. The molecule has 1 aliphatic rings. The zero-order valence-corrected chi connectivity index (χ0v) is 12.6. The molecule has 0 spiro atoms. The van der Waals surface area contributed by atoms with E-state index in [2.05, 4.69) is 5.32 Å². The van der Waals surface area contributed by atoms with Crippen molar-refractivity contribution in [2.75, 3.05) is 26.7 Å². The number of methoxy groups -OCH3 is 1. The molecule has 1 atom stereocenters. The molecule has 118 valence electrons. The smallest absolute Gasteiger partial charge is 0.310 e. The van der Waals surface area contributed by atoms with Crippen LogP contribution in [0.5, 0.6) is 0 Å². The molecular weight excluding hydrogens is 284 g/mol. The number of rotatable bonds is 4. The number of carbonyl (C=O) groups is 3. The molecule has 22 heavy (non-hydrogen) atoms. The minimum atomic E-state index is -0.286. The number of esters is 1. The van der Waals surface area contributed by atoms with Crippen LogP contribution in [0.4, 0.5) is 0 Å². The molecule has 1 aliphatic heterocycles. The lowest BCUT2D eigenvalue weighted by atomic mass is 9.98. The highest BCUT2D eigenvalue weighted by molar-refractivity contribution is 5.96. The first kappa shape index (κ1) is 16.0. The first-order valence-electron chi connectivity index (χ1n) is 7.30. The molecule has 6 nitrogen and oxygen atoms in total. The molecule has 0 aromatic heterocycles. The molecule has 1 heterocycles. The van der Waals surface area contributed by atoms with Gasteiger partial charge in [-0.2, -0.15) is 0 Å². The van der Waals surface area contributed by atoms with Crippen LogP contribution in [0, 0.1) is 5.92 Å². The summed E-state index contributed by atoms with van der Waals surface area (Å²) < 4.78 is 4.73. The number of benzene rings is 1. The summed E-state index contributed by atoms with van der Waals surface area (Å²) >= 11 is 0. The molecular formula is C16H20N2O4. The van der Waals surface area contributed by atoms with E-state index in [4.69, 9.17) is 4.74 Å². The SMILES string of the molecule is COC(=O)C1CCCN(C(=O)CNC(=O)c2ccccc2)C1. The van der Waals surface area contributed by atoms with E-state index in [1.165, 1.54) is 7.11 Å². The summed E-state index contributed by atoms with van der Waals surface area (Å²) in [5.74, 6) is -1.02. The second kappa shape index (κ2) is 7.59. The van der Waals surface area contributed by atoms with Gasteiger partial charge in [-0.1, -0.05) is 18.2 Å². The van der Waals surface area contributed by atoms with Crippen molar-refractivity contribution in [2.45, 2.75) is 12.8 Å². The van der Waals surface area contributed by atoms with Crippen LogP contribution >= 0.6 is 0 Å². The fraction of sp³-hybridized carbons (Fsp3) is 0.438. The number of amides is 2. The highest BCUT2D eigenvalue weighted by atomic mass is 16.5. The highest BCUT2D eigenvalue weighted by Crippen LogP contribution is 2.17. The Labute approximate surface area is 129 Å². The second-order valence-corrected chi connectivity index (χ2v) is 5.25. The normalized spacial score (nSPS) is 17.7. The van der Waals surface area contributed by atoms with Gasteiger partial charge in [0.2, 0.25) is 5.91 Å². The monoisotopic (exact) mass is 304 g/mol. The molecule has 2 rings (SSSR count).